The fraction of sp³-hybridized carbons (Fsp3) is 0.375. The number of carbonyl (C=O) groups excluding carboxylic acids is 2. The van der Waals surface area contributed by atoms with E-state index in [1.54, 1.807) is 0 Å². The summed E-state index contributed by atoms with van der Waals surface area (Å²) in [5, 5.41) is 15.9. The molecule has 3 N–H and O–H groups in total. The molecule has 2 aliphatic carbocycles. The molecule has 6 nitrogen and oxygen atoms in total. The molecule has 0 spiro atoms. The third-order valence-corrected chi connectivity index (χ3v) is 7.21. The van der Waals surface area contributed by atoms with E-state index in [9.17, 15) is 19.5 Å². The Morgan fingerprint density at radius 1 is 0.903 bits per heavy atom. The molecule has 2 amide bonds. The zero-order chi connectivity index (χ0) is 21.8. The van der Waals surface area contributed by atoms with Gasteiger partial charge in [0.25, 0.3) is 5.91 Å². The molecule has 0 fully saturated rings. The first-order chi connectivity index (χ1) is 15.0. The van der Waals surface area contributed by atoms with E-state index >= 15 is 0 Å². The van der Waals surface area contributed by atoms with E-state index in [1.807, 2.05) is 42.5 Å². The van der Waals surface area contributed by atoms with Gasteiger partial charge in [0.2, 0.25) is 5.91 Å². The van der Waals surface area contributed by atoms with Gasteiger partial charge >= 0.3 is 5.97 Å². The Labute approximate surface area is 185 Å². The van der Waals surface area contributed by atoms with Crippen LogP contribution in [0.3, 0.4) is 0 Å². The fourth-order valence-corrected chi connectivity index (χ4v) is 5.66. The minimum Gasteiger partial charge on any atom is -0.481 e. The number of hydrogen-bond acceptors (Lipinski definition) is 4. The highest BCUT2D eigenvalue weighted by Crippen LogP contribution is 2.39. The number of nitrogens with one attached hydrogen (secondary N) is 2. The summed E-state index contributed by atoms with van der Waals surface area (Å²) in [6, 6.07) is 9.25. The van der Waals surface area contributed by atoms with Crippen LogP contribution in [-0.4, -0.2) is 22.9 Å². The van der Waals surface area contributed by atoms with Gasteiger partial charge in [-0.1, -0.05) is 36.8 Å². The van der Waals surface area contributed by atoms with Crippen molar-refractivity contribution in [1.82, 2.24) is 0 Å². The van der Waals surface area contributed by atoms with Crippen molar-refractivity contribution in [1.29, 1.82) is 0 Å². The average Bonchev–Trinajstić information content (AvgIpc) is 2.94. The van der Waals surface area contributed by atoms with Crippen molar-refractivity contribution in [3.8, 4) is 0 Å². The molecule has 7 heteroatoms. The second-order valence-corrected chi connectivity index (χ2v) is 9.18. The third-order valence-electron chi connectivity index (χ3n) is 6.00. The molecule has 2 unspecified atom stereocenters. The van der Waals surface area contributed by atoms with Crippen LogP contribution < -0.4 is 10.6 Å². The Kier molecular flexibility index (Phi) is 6.51. The van der Waals surface area contributed by atoms with Crippen molar-refractivity contribution in [2.75, 3.05) is 10.6 Å². The molecular weight excluding hydrogens is 412 g/mol. The van der Waals surface area contributed by atoms with Crippen LogP contribution in [0.25, 0.3) is 0 Å². The maximum Gasteiger partial charge on any atom is 0.307 e. The number of thiophene rings is 1. The maximum atomic E-state index is 13.2. The van der Waals surface area contributed by atoms with Crippen LogP contribution >= 0.6 is 11.3 Å². The third kappa shape index (κ3) is 4.71. The van der Waals surface area contributed by atoms with Crippen LogP contribution in [0.15, 0.2) is 42.5 Å². The molecule has 2 atom stereocenters. The first-order valence-electron chi connectivity index (χ1n) is 10.7. The summed E-state index contributed by atoms with van der Waals surface area (Å²) in [7, 11) is 0. The lowest BCUT2D eigenvalue weighted by Gasteiger charge is -2.24. The van der Waals surface area contributed by atoms with E-state index in [0.29, 0.717) is 29.1 Å². The lowest BCUT2D eigenvalue weighted by Crippen LogP contribution is -2.35. The van der Waals surface area contributed by atoms with Gasteiger partial charge in [-0.2, -0.15) is 0 Å². The quantitative estimate of drug-likeness (QED) is 0.458. The Hall–Kier alpha value is -2.93. The Morgan fingerprint density at radius 2 is 1.61 bits per heavy atom. The van der Waals surface area contributed by atoms with Crippen LogP contribution in [0.5, 0.6) is 0 Å². The molecule has 31 heavy (non-hydrogen) atoms. The molecule has 0 saturated heterocycles. The first-order valence-corrected chi connectivity index (χ1v) is 11.6. The molecule has 4 rings (SSSR count). The molecule has 1 heterocycles. The molecule has 1 aromatic heterocycles. The van der Waals surface area contributed by atoms with E-state index in [0.717, 1.165) is 42.5 Å². The van der Waals surface area contributed by atoms with Gasteiger partial charge in [-0.25, -0.2) is 0 Å². The Morgan fingerprint density at radius 3 is 2.35 bits per heavy atom. The Balaban J connectivity index is 1.63. The van der Waals surface area contributed by atoms with Crippen LogP contribution in [0.1, 0.15) is 52.9 Å². The predicted molar refractivity (Wildman–Crippen MR) is 122 cm³/mol. The number of carbonyl (C=O) groups is 3. The van der Waals surface area contributed by atoms with Gasteiger partial charge in [0.05, 0.1) is 17.4 Å². The smallest absolute Gasteiger partial charge is 0.307 e. The summed E-state index contributed by atoms with van der Waals surface area (Å²) >= 11 is 1.46. The van der Waals surface area contributed by atoms with E-state index in [-0.39, 0.29) is 11.8 Å². The van der Waals surface area contributed by atoms with Crippen LogP contribution in [-0.2, 0) is 22.4 Å². The van der Waals surface area contributed by atoms with Gasteiger partial charge in [-0.05, 0) is 56.2 Å². The molecule has 0 radical (unpaired) electrons. The summed E-state index contributed by atoms with van der Waals surface area (Å²) in [4.78, 5) is 39.1. The van der Waals surface area contributed by atoms with Crippen LogP contribution in [0.4, 0.5) is 10.7 Å². The van der Waals surface area contributed by atoms with Crippen molar-refractivity contribution in [2.24, 2.45) is 11.8 Å². The molecule has 0 aliphatic heterocycles. The van der Waals surface area contributed by atoms with Crippen molar-refractivity contribution in [3.63, 3.8) is 0 Å². The van der Waals surface area contributed by atoms with Crippen LogP contribution in [0, 0.1) is 11.8 Å². The lowest BCUT2D eigenvalue weighted by atomic mass is 9.82. The number of fused-ring (bicyclic) bond motifs is 1. The molecule has 2 aliphatic rings. The van der Waals surface area contributed by atoms with Crippen molar-refractivity contribution in [3.05, 3.63) is 58.5 Å². The number of anilines is 2. The van der Waals surface area contributed by atoms with Gasteiger partial charge in [-0.3, -0.25) is 14.4 Å². The van der Waals surface area contributed by atoms with E-state index in [2.05, 4.69) is 10.6 Å². The number of rotatable bonds is 5. The van der Waals surface area contributed by atoms with E-state index in [1.165, 1.54) is 11.3 Å². The van der Waals surface area contributed by atoms with Crippen molar-refractivity contribution >= 4 is 39.8 Å². The summed E-state index contributed by atoms with van der Waals surface area (Å²) in [6.45, 7) is 0. The largest absolute Gasteiger partial charge is 0.481 e. The topological polar surface area (TPSA) is 95.5 Å². The molecule has 0 bridgehead atoms. The van der Waals surface area contributed by atoms with Gasteiger partial charge < -0.3 is 15.7 Å². The second kappa shape index (κ2) is 9.47. The molecule has 0 saturated carbocycles. The number of aryl methyl sites for hydroxylation is 1. The average molecular weight is 439 g/mol. The SMILES string of the molecule is O=C(Nc1ccccc1)c1c(NC(=O)C2CC=CCC2C(=O)O)sc2c1CCCCC2. The highest BCUT2D eigenvalue weighted by atomic mass is 32.1. The molecule has 2 aromatic rings. The number of hydrogen-bond donors (Lipinski definition) is 3. The van der Waals surface area contributed by atoms with Crippen molar-refractivity contribution in [2.45, 2.75) is 44.9 Å². The van der Waals surface area contributed by atoms with Crippen LogP contribution in [0.2, 0.25) is 0 Å². The van der Waals surface area contributed by atoms with Crippen molar-refractivity contribution < 1.29 is 19.5 Å². The first kappa shape index (κ1) is 21.3. The van der Waals surface area contributed by atoms with E-state index in [4.69, 9.17) is 0 Å². The minimum absolute atomic E-state index is 0.237. The summed E-state index contributed by atoms with van der Waals surface area (Å²) in [5.74, 6) is -2.92. The zero-order valence-electron chi connectivity index (χ0n) is 17.2. The molecular formula is C24H26N2O4S. The summed E-state index contributed by atoms with van der Waals surface area (Å²) in [5.41, 5.74) is 2.24. The van der Waals surface area contributed by atoms with E-state index < -0.39 is 17.8 Å². The minimum atomic E-state index is -0.964. The lowest BCUT2D eigenvalue weighted by molar-refractivity contribution is -0.146. The van der Waals surface area contributed by atoms with Gasteiger partial charge in [0, 0.05) is 10.6 Å². The summed E-state index contributed by atoms with van der Waals surface area (Å²) < 4.78 is 0. The maximum absolute atomic E-state index is 13.2. The highest BCUT2D eigenvalue weighted by molar-refractivity contribution is 7.17. The second-order valence-electron chi connectivity index (χ2n) is 8.07. The Bertz CT molecular complexity index is 1010. The van der Waals surface area contributed by atoms with Gasteiger partial charge in [-0.15, -0.1) is 11.3 Å². The van der Waals surface area contributed by atoms with Gasteiger partial charge in [0.15, 0.2) is 0 Å². The number of allylic oxidation sites excluding steroid dienone is 2. The number of aliphatic carboxylic acids is 1. The predicted octanol–water partition coefficient (Wildman–Crippen LogP) is 4.87. The standard InChI is InChI=1S/C24H26N2O4S/c27-21(16-11-7-8-12-17(16)24(29)30)26-23-20(18-13-5-2-6-14-19(18)31-23)22(28)25-15-9-3-1-4-10-15/h1,3-4,7-10,16-17H,2,5-6,11-14H2,(H,25,28)(H,26,27)(H,29,30). The molecule has 162 valence electrons. The normalized spacial score (nSPS) is 20.4. The number of carboxylic acid groups (broad SMARTS) is 1. The number of benzene rings is 1. The van der Waals surface area contributed by atoms with Gasteiger partial charge in [0.1, 0.15) is 5.00 Å². The highest BCUT2D eigenvalue weighted by Gasteiger charge is 2.35. The monoisotopic (exact) mass is 438 g/mol. The number of para-hydroxylation sites is 1. The number of amides is 2. The summed E-state index contributed by atoms with van der Waals surface area (Å²) in [6.07, 6.45) is 9.30. The fourth-order valence-electron chi connectivity index (χ4n) is 4.37. The number of carboxylic acids is 1. The molecule has 1 aromatic carbocycles. The zero-order valence-corrected chi connectivity index (χ0v) is 18.0.